The summed E-state index contributed by atoms with van der Waals surface area (Å²) in [6, 6.07) is 7.49. The molecule has 1 heterocycles. The normalized spacial score (nSPS) is 16.4. The molecule has 6 heteroatoms. The molecular formula is C14H17N5O. The Labute approximate surface area is 117 Å². The number of anilines is 1. The van der Waals surface area contributed by atoms with Crippen molar-refractivity contribution in [1.82, 2.24) is 14.8 Å². The average Bonchev–Trinajstić information content (AvgIpc) is 2.91. The summed E-state index contributed by atoms with van der Waals surface area (Å²) >= 11 is 0. The number of rotatable bonds is 4. The third-order valence-electron chi connectivity index (χ3n) is 3.71. The van der Waals surface area contributed by atoms with Crippen LogP contribution < -0.4 is 11.1 Å². The largest absolute Gasteiger partial charge is 0.325 e. The van der Waals surface area contributed by atoms with Gasteiger partial charge in [-0.2, -0.15) is 5.10 Å². The van der Waals surface area contributed by atoms with E-state index >= 15 is 0 Å². The van der Waals surface area contributed by atoms with Gasteiger partial charge in [-0.25, -0.2) is 9.67 Å². The lowest BCUT2D eigenvalue weighted by Crippen LogP contribution is -2.48. The molecule has 0 atom stereocenters. The zero-order chi connectivity index (χ0) is 14.0. The highest BCUT2D eigenvalue weighted by Crippen LogP contribution is 2.32. The van der Waals surface area contributed by atoms with E-state index in [-0.39, 0.29) is 11.4 Å². The Bertz CT molecular complexity index is 604. The Hall–Kier alpha value is -2.21. The fraction of sp³-hybridized carbons (Fsp3) is 0.357. The molecule has 1 saturated carbocycles. The van der Waals surface area contributed by atoms with E-state index in [1.165, 1.54) is 6.33 Å². The van der Waals surface area contributed by atoms with E-state index in [0.29, 0.717) is 12.1 Å². The fourth-order valence-electron chi connectivity index (χ4n) is 2.43. The maximum absolute atomic E-state index is 12.1. The second kappa shape index (κ2) is 5.05. The van der Waals surface area contributed by atoms with Crippen molar-refractivity contribution < 1.29 is 4.79 Å². The van der Waals surface area contributed by atoms with Crippen molar-refractivity contribution in [2.45, 2.75) is 31.2 Å². The first-order valence-electron chi connectivity index (χ1n) is 6.69. The van der Waals surface area contributed by atoms with Gasteiger partial charge in [-0.15, -0.1) is 0 Å². The summed E-state index contributed by atoms with van der Waals surface area (Å²) in [4.78, 5) is 16.0. The predicted octanol–water partition coefficient (Wildman–Crippen LogP) is 1.48. The third-order valence-corrected chi connectivity index (χ3v) is 3.71. The molecule has 1 fully saturated rings. The molecule has 1 aromatic carbocycles. The highest BCUT2D eigenvalue weighted by Gasteiger charge is 2.34. The summed E-state index contributed by atoms with van der Waals surface area (Å²) in [6.45, 7) is 0. The lowest BCUT2D eigenvalue weighted by atomic mass is 9.75. The van der Waals surface area contributed by atoms with Crippen molar-refractivity contribution in [3.05, 3.63) is 36.9 Å². The topological polar surface area (TPSA) is 85.8 Å². The van der Waals surface area contributed by atoms with Crippen LogP contribution in [0.4, 0.5) is 5.69 Å². The van der Waals surface area contributed by atoms with E-state index in [4.69, 9.17) is 5.73 Å². The molecule has 1 aliphatic rings. The SMILES string of the molecule is NC1(CC(=O)Nc2ccccc2-n2cncn2)CCC1. The smallest absolute Gasteiger partial charge is 0.226 e. The molecule has 0 spiro atoms. The first-order chi connectivity index (χ1) is 9.66. The van der Waals surface area contributed by atoms with Crippen LogP contribution in [-0.4, -0.2) is 26.2 Å². The predicted molar refractivity (Wildman–Crippen MR) is 75.4 cm³/mol. The van der Waals surface area contributed by atoms with Gasteiger partial charge in [0.05, 0.1) is 11.4 Å². The minimum atomic E-state index is -0.313. The number of benzene rings is 1. The molecule has 0 bridgehead atoms. The van der Waals surface area contributed by atoms with Crippen LogP contribution in [0.2, 0.25) is 0 Å². The third kappa shape index (κ3) is 2.55. The van der Waals surface area contributed by atoms with Crippen molar-refractivity contribution in [3.63, 3.8) is 0 Å². The number of hydrogen-bond acceptors (Lipinski definition) is 4. The van der Waals surface area contributed by atoms with Gasteiger partial charge >= 0.3 is 0 Å². The number of para-hydroxylation sites is 2. The van der Waals surface area contributed by atoms with Crippen molar-refractivity contribution in [2.24, 2.45) is 5.73 Å². The number of nitrogens with zero attached hydrogens (tertiary/aromatic N) is 3. The molecule has 1 aromatic heterocycles. The minimum absolute atomic E-state index is 0.0558. The molecule has 2 aromatic rings. The summed E-state index contributed by atoms with van der Waals surface area (Å²) in [6.07, 6.45) is 6.37. The van der Waals surface area contributed by atoms with Crippen molar-refractivity contribution in [3.8, 4) is 5.69 Å². The van der Waals surface area contributed by atoms with Gasteiger partial charge in [-0.1, -0.05) is 12.1 Å². The molecule has 0 radical (unpaired) electrons. The van der Waals surface area contributed by atoms with E-state index in [1.807, 2.05) is 24.3 Å². The fourth-order valence-corrected chi connectivity index (χ4v) is 2.43. The molecule has 1 amide bonds. The molecule has 6 nitrogen and oxygen atoms in total. The van der Waals surface area contributed by atoms with Gasteiger partial charge in [0, 0.05) is 12.0 Å². The van der Waals surface area contributed by atoms with Crippen molar-refractivity contribution in [2.75, 3.05) is 5.32 Å². The Balaban J connectivity index is 1.76. The summed E-state index contributed by atoms with van der Waals surface area (Å²) in [5.74, 6) is -0.0558. The number of amides is 1. The lowest BCUT2D eigenvalue weighted by molar-refractivity contribution is -0.118. The van der Waals surface area contributed by atoms with Crippen LogP contribution in [0.25, 0.3) is 5.69 Å². The molecule has 0 unspecified atom stereocenters. The number of carbonyl (C=O) groups excluding carboxylic acids is 1. The monoisotopic (exact) mass is 271 g/mol. The first-order valence-corrected chi connectivity index (χ1v) is 6.69. The Morgan fingerprint density at radius 1 is 1.40 bits per heavy atom. The van der Waals surface area contributed by atoms with Gasteiger partial charge in [0.1, 0.15) is 12.7 Å². The highest BCUT2D eigenvalue weighted by molar-refractivity contribution is 5.93. The Morgan fingerprint density at radius 3 is 2.85 bits per heavy atom. The van der Waals surface area contributed by atoms with Crippen LogP contribution in [0, 0.1) is 0 Å². The maximum atomic E-state index is 12.1. The van der Waals surface area contributed by atoms with Gasteiger partial charge in [-0.05, 0) is 31.4 Å². The molecule has 0 aliphatic heterocycles. The second-order valence-corrected chi connectivity index (χ2v) is 5.30. The molecular weight excluding hydrogens is 254 g/mol. The standard InChI is InChI=1S/C14H17N5O/c15-14(6-3-7-14)8-13(20)18-11-4-1-2-5-12(11)19-10-16-9-17-19/h1-2,4-5,9-10H,3,6-8,15H2,(H,18,20). The molecule has 104 valence electrons. The minimum Gasteiger partial charge on any atom is -0.325 e. The van der Waals surface area contributed by atoms with Crippen LogP contribution >= 0.6 is 0 Å². The van der Waals surface area contributed by atoms with Crippen molar-refractivity contribution in [1.29, 1.82) is 0 Å². The Morgan fingerprint density at radius 2 is 2.20 bits per heavy atom. The van der Waals surface area contributed by atoms with E-state index in [9.17, 15) is 4.79 Å². The molecule has 20 heavy (non-hydrogen) atoms. The first kappa shape index (κ1) is 12.8. The number of aromatic nitrogens is 3. The number of nitrogens with two attached hydrogens (primary N) is 1. The van der Waals surface area contributed by atoms with Crippen LogP contribution in [0.5, 0.6) is 0 Å². The highest BCUT2D eigenvalue weighted by atomic mass is 16.1. The van der Waals surface area contributed by atoms with Crippen LogP contribution in [0.3, 0.4) is 0 Å². The second-order valence-electron chi connectivity index (χ2n) is 5.30. The lowest BCUT2D eigenvalue weighted by Gasteiger charge is -2.37. The van der Waals surface area contributed by atoms with Crippen molar-refractivity contribution >= 4 is 11.6 Å². The number of nitrogens with one attached hydrogen (secondary N) is 1. The molecule has 0 saturated heterocycles. The van der Waals surface area contributed by atoms with Gasteiger partial charge in [0.25, 0.3) is 0 Å². The Kier molecular flexibility index (Phi) is 3.23. The van der Waals surface area contributed by atoms with Crippen LogP contribution in [0.15, 0.2) is 36.9 Å². The molecule has 3 N–H and O–H groups in total. The summed E-state index contributed by atoms with van der Waals surface area (Å²) in [5.41, 5.74) is 7.29. The van der Waals surface area contributed by atoms with Gasteiger partial charge in [-0.3, -0.25) is 4.79 Å². The zero-order valence-corrected chi connectivity index (χ0v) is 11.1. The van der Waals surface area contributed by atoms with E-state index in [2.05, 4.69) is 15.4 Å². The van der Waals surface area contributed by atoms with Gasteiger partial charge in [0.2, 0.25) is 5.91 Å². The number of hydrogen-bond donors (Lipinski definition) is 2. The summed E-state index contributed by atoms with van der Waals surface area (Å²) < 4.78 is 1.62. The van der Waals surface area contributed by atoms with Crippen LogP contribution in [0.1, 0.15) is 25.7 Å². The maximum Gasteiger partial charge on any atom is 0.226 e. The van der Waals surface area contributed by atoms with Gasteiger partial charge < -0.3 is 11.1 Å². The molecule has 3 rings (SSSR count). The molecule has 1 aliphatic carbocycles. The quantitative estimate of drug-likeness (QED) is 0.882. The summed E-state index contributed by atoms with van der Waals surface area (Å²) in [5, 5.41) is 7.00. The zero-order valence-electron chi connectivity index (χ0n) is 11.1. The van der Waals surface area contributed by atoms with Gasteiger partial charge in [0.15, 0.2) is 0 Å². The van der Waals surface area contributed by atoms with Crippen LogP contribution in [-0.2, 0) is 4.79 Å². The number of carbonyl (C=O) groups is 1. The average molecular weight is 271 g/mol. The van der Waals surface area contributed by atoms with E-state index in [0.717, 1.165) is 24.9 Å². The summed E-state index contributed by atoms with van der Waals surface area (Å²) in [7, 11) is 0. The van der Waals surface area contributed by atoms with E-state index < -0.39 is 0 Å². The van der Waals surface area contributed by atoms with E-state index in [1.54, 1.807) is 11.0 Å².